The average molecular weight is 386 g/mol. The van der Waals surface area contributed by atoms with Gasteiger partial charge in [0.2, 0.25) is 0 Å². The van der Waals surface area contributed by atoms with Crippen molar-refractivity contribution in [3.63, 3.8) is 0 Å². The van der Waals surface area contributed by atoms with E-state index < -0.39 is 0 Å². The Hall–Kier alpha value is -3.78. The van der Waals surface area contributed by atoms with Crippen LogP contribution in [0.3, 0.4) is 0 Å². The van der Waals surface area contributed by atoms with Gasteiger partial charge in [-0.25, -0.2) is 0 Å². The fourth-order valence-corrected chi connectivity index (χ4v) is 2.96. The normalized spacial score (nSPS) is 11.2. The molecule has 0 fully saturated rings. The summed E-state index contributed by atoms with van der Waals surface area (Å²) in [6.45, 7) is 1.78. The topological polar surface area (TPSA) is 71.3 Å². The molecule has 3 aromatic rings. The Morgan fingerprint density at radius 1 is 1.00 bits per heavy atom. The number of rotatable bonds is 7. The number of carbonyl (C=O) groups is 1. The van der Waals surface area contributed by atoms with Gasteiger partial charge in [0.25, 0.3) is 5.91 Å². The lowest BCUT2D eigenvalue weighted by molar-refractivity contribution is -0.123. The van der Waals surface area contributed by atoms with Gasteiger partial charge in [-0.05, 0) is 35.7 Å². The van der Waals surface area contributed by atoms with Crippen molar-refractivity contribution in [1.29, 1.82) is 5.26 Å². The summed E-state index contributed by atoms with van der Waals surface area (Å²) in [5.41, 5.74) is 3.75. The van der Waals surface area contributed by atoms with E-state index in [1.165, 1.54) is 7.11 Å². The fourth-order valence-electron chi connectivity index (χ4n) is 2.96. The summed E-state index contributed by atoms with van der Waals surface area (Å²) in [7, 11) is 1.49. The first-order valence-electron chi connectivity index (χ1n) is 9.26. The number of nitrogens with zero attached hydrogens (tertiary/aromatic N) is 1. The van der Waals surface area contributed by atoms with E-state index in [4.69, 9.17) is 14.7 Å². The van der Waals surface area contributed by atoms with Crippen molar-refractivity contribution in [3.05, 3.63) is 83.9 Å². The molecule has 0 spiro atoms. The van der Waals surface area contributed by atoms with Gasteiger partial charge in [-0.2, -0.15) is 5.26 Å². The molecule has 1 unspecified atom stereocenters. The highest BCUT2D eigenvalue weighted by Crippen LogP contribution is 2.28. The van der Waals surface area contributed by atoms with E-state index in [0.29, 0.717) is 17.1 Å². The van der Waals surface area contributed by atoms with Gasteiger partial charge >= 0.3 is 0 Å². The zero-order chi connectivity index (χ0) is 20.6. The summed E-state index contributed by atoms with van der Waals surface area (Å²) in [5.74, 6) is 0.596. The second-order valence-corrected chi connectivity index (χ2v) is 6.54. The number of benzene rings is 3. The minimum Gasteiger partial charge on any atom is -0.493 e. The molecular weight excluding hydrogens is 364 g/mol. The van der Waals surface area contributed by atoms with Crippen LogP contribution in [0.15, 0.2) is 72.8 Å². The van der Waals surface area contributed by atoms with Gasteiger partial charge in [-0.1, -0.05) is 54.6 Å². The minimum absolute atomic E-state index is 0.144. The van der Waals surface area contributed by atoms with Crippen LogP contribution in [0.25, 0.3) is 11.1 Å². The van der Waals surface area contributed by atoms with Gasteiger partial charge in [0.1, 0.15) is 0 Å². The molecule has 0 radical (unpaired) electrons. The molecule has 3 aromatic carbocycles. The number of nitriles is 1. The van der Waals surface area contributed by atoms with Crippen LogP contribution in [-0.2, 0) is 4.79 Å². The zero-order valence-electron chi connectivity index (χ0n) is 16.4. The molecule has 0 heterocycles. The van der Waals surface area contributed by atoms with Crippen LogP contribution in [-0.4, -0.2) is 19.6 Å². The molecule has 0 bridgehead atoms. The molecule has 1 N–H and O–H groups in total. The second kappa shape index (κ2) is 9.43. The Labute approximate surface area is 170 Å². The molecule has 1 amide bonds. The maximum absolute atomic E-state index is 12.3. The summed E-state index contributed by atoms with van der Waals surface area (Å²) in [6.07, 6.45) is 0. The van der Waals surface area contributed by atoms with Crippen LogP contribution in [0.2, 0.25) is 0 Å². The van der Waals surface area contributed by atoms with E-state index in [9.17, 15) is 4.79 Å². The smallest absolute Gasteiger partial charge is 0.258 e. The SMILES string of the molecule is COc1cc(C#N)ccc1OCC(=O)NC(C)c1ccc(-c2ccccc2)cc1. The molecule has 1 atom stereocenters. The molecule has 0 aliphatic heterocycles. The quantitative estimate of drug-likeness (QED) is 0.649. The lowest BCUT2D eigenvalue weighted by Crippen LogP contribution is -2.31. The average Bonchev–Trinajstić information content (AvgIpc) is 2.78. The first-order chi connectivity index (χ1) is 14.1. The Morgan fingerprint density at radius 3 is 2.34 bits per heavy atom. The molecule has 146 valence electrons. The Bertz CT molecular complexity index is 1010. The van der Waals surface area contributed by atoms with Crippen molar-refractivity contribution >= 4 is 5.91 Å². The number of ether oxygens (including phenoxy) is 2. The molecule has 0 aliphatic carbocycles. The fraction of sp³-hybridized carbons (Fsp3) is 0.167. The van der Waals surface area contributed by atoms with Gasteiger partial charge in [0.15, 0.2) is 18.1 Å². The van der Waals surface area contributed by atoms with Crippen LogP contribution in [0.1, 0.15) is 24.1 Å². The molecule has 0 saturated heterocycles. The molecule has 0 aliphatic rings. The van der Waals surface area contributed by atoms with E-state index >= 15 is 0 Å². The maximum atomic E-state index is 12.3. The lowest BCUT2D eigenvalue weighted by Gasteiger charge is -2.16. The third-order valence-electron chi connectivity index (χ3n) is 4.55. The van der Waals surface area contributed by atoms with Crippen LogP contribution in [0.5, 0.6) is 11.5 Å². The molecule has 0 aromatic heterocycles. The molecule has 0 saturated carbocycles. The third kappa shape index (κ3) is 5.14. The van der Waals surface area contributed by atoms with Gasteiger partial charge < -0.3 is 14.8 Å². The minimum atomic E-state index is -0.240. The highest BCUT2D eigenvalue weighted by Gasteiger charge is 2.12. The van der Waals surface area contributed by atoms with E-state index in [0.717, 1.165) is 16.7 Å². The van der Waals surface area contributed by atoms with Crippen LogP contribution < -0.4 is 14.8 Å². The van der Waals surface area contributed by atoms with Crippen molar-refractivity contribution in [2.24, 2.45) is 0 Å². The van der Waals surface area contributed by atoms with E-state index in [-0.39, 0.29) is 18.6 Å². The highest BCUT2D eigenvalue weighted by molar-refractivity contribution is 5.78. The Morgan fingerprint density at radius 2 is 1.69 bits per heavy atom. The molecule has 3 rings (SSSR count). The van der Waals surface area contributed by atoms with E-state index in [2.05, 4.69) is 17.4 Å². The van der Waals surface area contributed by atoms with Crippen molar-refractivity contribution in [2.45, 2.75) is 13.0 Å². The first kappa shape index (κ1) is 20.0. The number of amides is 1. The number of hydrogen-bond acceptors (Lipinski definition) is 4. The van der Waals surface area contributed by atoms with E-state index in [1.54, 1.807) is 18.2 Å². The first-order valence-corrected chi connectivity index (χ1v) is 9.26. The number of methoxy groups -OCH3 is 1. The molecule has 5 heteroatoms. The Kier molecular flexibility index (Phi) is 6.49. The zero-order valence-corrected chi connectivity index (χ0v) is 16.4. The van der Waals surface area contributed by atoms with Gasteiger partial charge in [0, 0.05) is 6.07 Å². The third-order valence-corrected chi connectivity index (χ3v) is 4.55. The van der Waals surface area contributed by atoms with Gasteiger partial charge in [-0.3, -0.25) is 4.79 Å². The largest absolute Gasteiger partial charge is 0.493 e. The van der Waals surface area contributed by atoms with Gasteiger partial charge in [-0.15, -0.1) is 0 Å². The van der Waals surface area contributed by atoms with E-state index in [1.807, 2.05) is 55.5 Å². The molecule has 29 heavy (non-hydrogen) atoms. The second-order valence-electron chi connectivity index (χ2n) is 6.54. The number of nitrogens with one attached hydrogen (secondary N) is 1. The van der Waals surface area contributed by atoms with Gasteiger partial charge in [0.05, 0.1) is 24.8 Å². The molecular formula is C24H22N2O3. The predicted molar refractivity (Wildman–Crippen MR) is 112 cm³/mol. The summed E-state index contributed by atoms with van der Waals surface area (Å²) >= 11 is 0. The number of hydrogen-bond donors (Lipinski definition) is 1. The van der Waals surface area contributed by atoms with Crippen molar-refractivity contribution in [2.75, 3.05) is 13.7 Å². The summed E-state index contributed by atoms with van der Waals surface area (Å²) < 4.78 is 10.8. The number of carbonyl (C=O) groups excluding carboxylic acids is 1. The van der Waals surface area contributed by atoms with Crippen molar-refractivity contribution in [3.8, 4) is 28.7 Å². The Balaban J connectivity index is 1.57. The van der Waals surface area contributed by atoms with Crippen LogP contribution >= 0.6 is 0 Å². The monoisotopic (exact) mass is 386 g/mol. The van der Waals surface area contributed by atoms with Crippen LogP contribution in [0.4, 0.5) is 0 Å². The maximum Gasteiger partial charge on any atom is 0.258 e. The van der Waals surface area contributed by atoms with Crippen LogP contribution in [0, 0.1) is 11.3 Å². The summed E-state index contributed by atoms with van der Waals surface area (Å²) in [6, 6.07) is 25.0. The summed E-state index contributed by atoms with van der Waals surface area (Å²) in [5, 5.41) is 11.9. The highest BCUT2D eigenvalue weighted by atomic mass is 16.5. The predicted octanol–water partition coefficient (Wildman–Crippen LogP) is 4.49. The van der Waals surface area contributed by atoms with Crippen molar-refractivity contribution < 1.29 is 14.3 Å². The lowest BCUT2D eigenvalue weighted by atomic mass is 10.0. The summed E-state index contributed by atoms with van der Waals surface area (Å²) in [4.78, 5) is 12.3. The molecule has 5 nitrogen and oxygen atoms in total. The van der Waals surface area contributed by atoms with Crippen molar-refractivity contribution in [1.82, 2.24) is 5.32 Å². The standard InChI is InChI=1S/C24H22N2O3/c1-17(19-9-11-21(12-10-19)20-6-4-3-5-7-20)26-24(27)16-29-22-13-8-18(15-25)14-23(22)28-2/h3-14,17H,16H2,1-2H3,(H,26,27).